The summed E-state index contributed by atoms with van der Waals surface area (Å²) in [5, 5.41) is 4.43. The van der Waals surface area contributed by atoms with Crippen LogP contribution >= 0.6 is 11.3 Å². The molecule has 0 unspecified atom stereocenters. The van der Waals surface area contributed by atoms with Crippen LogP contribution in [-0.2, 0) is 6.42 Å². The third-order valence-corrected chi connectivity index (χ3v) is 4.52. The van der Waals surface area contributed by atoms with Crippen LogP contribution in [0.3, 0.4) is 0 Å². The van der Waals surface area contributed by atoms with Gasteiger partial charge in [0.2, 0.25) is 0 Å². The van der Waals surface area contributed by atoms with Crippen molar-refractivity contribution < 1.29 is 4.74 Å². The summed E-state index contributed by atoms with van der Waals surface area (Å²) < 4.78 is 5.41. The average molecular weight is 299 g/mol. The quantitative estimate of drug-likeness (QED) is 0.779. The Morgan fingerprint density at radius 2 is 2.10 bits per heavy atom. The van der Waals surface area contributed by atoms with Gasteiger partial charge in [-0.25, -0.2) is 9.97 Å². The van der Waals surface area contributed by atoms with Crippen molar-refractivity contribution in [2.45, 2.75) is 20.3 Å². The number of thiophene rings is 1. The van der Waals surface area contributed by atoms with Crippen molar-refractivity contribution in [3.8, 4) is 5.75 Å². The Bertz CT molecular complexity index is 782. The average Bonchev–Trinajstić information content (AvgIpc) is 2.92. The molecule has 0 aliphatic heterocycles. The van der Waals surface area contributed by atoms with Crippen LogP contribution in [0.5, 0.6) is 5.75 Å². The van der Waals surface area contributed by atoms with Crippen LogP contribution in [0, 0.1) is 6.92 Å². The van der Waals surface area contributed by atoms with E-state index in [1.165, 1.54) is 10.4 Å². The van der Waals surface area contributed by atoms with Gasteiger partial charge < -0.3 is 10.1 Å². The van der Waals surface area contributed by atoms with Crippen molar-refractivity contribution in [2.24, 2.45) is 0 Å². The Balaban J connectivity index is 2.05. The van der Waals surface area contributed by atoms with E-state index >= 15 is 0 Å². The fraction of sp³-hybridized carbons (Fsp3) is 0.250. The maximum Gasteiger partial charge on any atom is 0.142 e. The molecule has 2 aromatic heterocycles. The van der Waals surface area contributed by atoms with Gasteiger partial charge in [0.15, 0.2) is 0 Å². The summed E-state index contributed by atoms with van der Waals surface area (Å²) >= 11 is 1.71. The molecule has 5 heteroatoms. The third kappa shape index (κ3) is 2.69. The number of fused-ring (bicyclic) bond motifs is 1. The van der Waals surface area contributed by atoms with Crippen LogP contribution in [0.15, 0.2) is 30.6 Å². The van der Waals surface area contributed by atoms with Crippen molar-refractivity contribution in [1.82, 2.24) is 9.97 Å². The molecule has 108 valence electrons. The van der Waals surface area contributed by atoms with E-state index in [1.807, 2.05) is 12.1 Å². The summed E-state index contributed by atoms with van der Waals surface area (Å²) in [6.07, 6.45) is 2.61. The van der Waals surface area contributed by atoms with Crippen molar-refractivity contribution in [2.75, 3.05) is 12.4 Å². The molecule has 1 aromatic carbocycles. The van der Waals surface area contributed by atoms with E-state index < -0.39 is 0 Å². The number of benzene rings is 1. The molecular weight excluding hydrogens is 282 g/mol. The molecule has 3 aromatic rings. The SMILES string of the molecule is CCc1cc2c(Nc3cc(C)ccc3OC)ncnc2s1. The highest BCUT2D eigenvalue weighted by atomic mass is 32.1. The maximum atomic E-state index is 5.41. The molecule has 0 atom stereocenters. The van der Waals surface area contributed by atoms with E-state index in [0.717, 1.165) is 33.9 Å². The lowest BCUT2D eigenvalue weighted by Gasteiger charge is -2.11. The van der Waals surface area contributed by atoms with Crippen molar-refractivity contribution in [3.63, 3.8) is 0 Å². The number of rotatable bonds is 4. The molecule has 21 heavy (non-hydrogen) atoms. The molecule has 0 saturated heterocycles. The molecule has 0 aliphatic rings. The summed E-state index contributed by atoms with van der Waals surface area (Å²) in [5.41, 5.74) is 2.09. The maximum absolute atomic E-state index is 5.41. The second-order valence-corrected chi connectivity index (χ2v) is 5.95. The highest BCUT2D eigenvalue weighted by Crippen LogP contribution is 2.33. The Morgan fingerprint density at radius 1 is 1.24 bits per heavy atom. The number of nitrogens with one attached hydrogen (secondary N) is 1. The lowest BCUT2D eigenvalue weighted by molar-refractivity contribution is 0.416. The second kappa shape index (κ2) is 5.69. The first kappa shape index (κ1) is 13.8. The number of aromatic nitrogens is 2. The Labute approximate surface area is 127 Å². The summed E-state index contributed by atoms with van der Waals surface area (Å²) in [4.78, 5) is 11.1. The Hall–Kier alpha value is -2.14. The molecule has 0 fully saturated rings. The van der Waals surface area contributed by atoms with Crippen LogP contribution in [0.4, 0.5) is 11.5 Å². The minimum absolute atomic E-state index is 0.804. The van der Waals surface area contributed by atoms with Crippen molar-refractivity contribution in [1.29, 1.82) is 0 Å². The van der Waals surface area contributed by atoms with Gasteiger partial charge in [0.05, 0.1) is 18.2 Å². The highest BCUT2D eigenvalue weighted by Gasteiger charge is 2.10. The number of nitrogens with zero attached hydrogens (tertiary/aromatic N) is 2. The fourth-order valence-corrected chi connectivity index (χ4v) is 3.16. The summed E-state index contributed by atoms with van der Waals surface area (Å²) in [6.45, 7) is 4.20. The molecule has 3 rings (SSSR count). The Kier molecular flexibility index (Phi) is 3.75. The lowest BCUT2D eigenvalue weighted by atomic mass is 10.2. The monoisotopic (exact) mass is 299 g/mol. The van der Waals surface area contributed by atoms with Gasteiger partial charge in [0.1, 0.15) is 22.7 Å². The smallest absolute Gasteiger partial charge is 0.142 e. The van der Waals surface area contributed by atoms with Gasteiger partial charge in [0.25, 0.3) is 0 Å². The number of anilines is 2. The van der Waals surface area contributed by atoms with Gasteiger partial charge in [-0.2, -0.15) is 0 Å². The van der Waals surface area contributed by atoms with E-state index in [0.29, 0.717) is 0 Å². The number of hydrogen-bond acceptors (Lipinski definition) is 5. The first-order valence-electron chi connectivity index (χ1n) is 6.86. The van der Waals surface area contributed by atoms with Crippen LogP contribution in [0.1, 0.15) is 17.4 Å². The number of aryl methyl sites for hydroxylation is 2. The minimum atomic E-state index is 0.804. The lowest BCUT2D eigenvalue weighted by Crippen LogP contribution is -1.98. The van der Waals surface area contributed by atoms with E-state index in [1.54, 1.807) is 24.8 Å². The van der Waals surface area contributed by atoms with E-state index in [-0.39, 0.29) is 0 Å². The topological polar surface area (TPSA) is 47.0 Å². The van der Waals surface area contributed by atoms with Crippen molar-refractivity contribution >= 4 is 33.1 Å². The molecule has 0 saturated carbocycles. The molecular formula is C16H17N3OS. The van der Waals surface area contributed by atoms with Crippen LogP contribution in [0.2, 0.25) is 0 Å². The molecule has 1 N–H and O–H groups in total. The molecule has 0 aliphatic carbocycles. The predicted octanol–water partition coefficient (Wildman–Crippen LogP) is 4.31. The van der Waals surface area contributed by atoms with Crippen LogP contribution < -0.4 is 10.1 Å². The standard InChI is InChI=1S/C16H17N3OS/c1-4-11-8-12-15(17-9-18-16(12)21-11)19-13-7-10(2)5-6-14(13)20-3/h5-9H,4H2,1-3H3,(H,17,18,19). The van der Waals surface area contributed by atoms with Gasteiger partial charge in [-0.3, -0.25) is 0 Å². The molecule has 2 heterocycles. The first-order chi connectivity index (χ1) is 10.2. The number of ether oxygens (including phenoxy) is 1. The molecule has 0 radical (unpaired) electrons. The first-order valence-corrected chi connectivity index (χ1v) is 7.68. The summed E-state index contributed by atoms with van der Waals surface area (Å²) in [7, 11) is 1.67. The van der Waals surface area contributed by atoms with Crippen LogP contribution in [-0.4, -0.2) is 17.1 Å². The van der Waals surface area contributed by atoms with Gasteiger partial charge >= 0.3 is 0 Å². The predicted molar refractivity (Wildman–Crippen MR) is 87.8 cm³/mol. The normalized spacial score (nSPS) is 10.8. The third-order valence-electron chi connectivity index (χ3n) is 3.34. The summed E-state index contributed by atoms with van der Waals surface area (Å²) in [6, 6.07) is 8.20. The van der Waals surface area contributed by atoms with Crippen LogP contribution in [0.25, 0.3) is 10.2 Å². The van der Waals surface area contributed by atoms with Gasteiger partial charge in [0, 0.05) is 4.88 Å². The molecule has 0 amide bonds. The fourth-order valence-electron chi connectivity index (χ4n) is 2.23. The summed E-state index contributed by atoms with van der Waals surface area (Å²) in [5.74, 6) is 1.62. The van der Waals surface area contributed by atoms with Gasteiger partial charge in [-0.05, 0) is 37.1 Å². The van der Waals surface area contributed by atoms with E-state index in [2.05, 4.69) is 41.3 Å². The Morgan fingerprint density at radius 3 is 2.86 bits per heavy atom. The van der Waals surface area contributed by atoms with Crippen molar-refractivity contribution in [3.05, 3.63) is 41.0 Å². The van der Waals surface area contributed by atoms with E-state index in [9.17, 15) is 0 Å². The highest BCUT2D eigenvalue weighted by molar-refractivity contribution is 7.18. The minimum Gasteiger partial charge on any atom is -0.495 e. The van der Waals surface area contributed by atoms with Gasteiger partial charge in [-0.15, -0.1) is 11.3 Å². The molecule has 0 bridgehead atoms. The zero-order chi connectivity index (χ0) is 14.8. The zero-order valence-corrected chi connectivity index (χ0v) is 13.1. The number of hydrogen-bond donors (Lipinski definition) is 1. The second-order valence-electron chi connectivity index (χ2n) is 4.84. The van der Waals surface area contributed by atoms with Gasteiger partial charge in [-0.1, -0.05) is 13.0 Å². The molecule has 0 spiro atoms. The molecule has 4 nitrogen and oxygen atoms in total. The zero-order valence-electron chi connectivity index (χ0n) is 12.3. The largest absolute Gasteiger partial charge is 0.495 e. The van der Waals surface area contributed by atoms with E-state index in [4.69, 9.17) is 4.74 Å². The number of methoxy groups -OCH3 is 1.